The number of aliphatic hydroxyl groups excluding tert-OH is 1. The van der Waals surface area contributed by atoms with Gasteiger partial charge in [0.25, 0.3) is 0 Å². The quantitative estimate of drug-likeness (QED) is 0.305. The van der Waals surface area contributed by atoms with Crippen molar-refractivity contribution in [2.45, 2.75) is 11.9 Å². The van der Waals surface area contributed by atoms with Crippen LogP contribution in [0.4, 0.5) is 0 Å². The molecule has 2 atom stereocenters. The minimum absolute atomic E-state index is 2.12. The molecule has 0 aromatic heterocycles. The zero-order valence-corrected chi connectivity index (χ0v) is 8.65. The number of carboxylic acid groups (broad SMARTS) is 1. The Morgan fingerprint density at radius 1 is 1.13 bits per heavy atom. The summed E-state index contributed by atoms with van der Waals surface area (Å²) in [4.78, 5) is 43.5. The zero-order chi connectivity index (χ0) is 12.4. The van der Waals surface area contributed by atoms with Gasteiger partial charge in [0.15, 0.2) is 5.85 Å². The Kier molecular flexibility index (Phi) is 4.59. The second-order valence-electron chi connectivity index (χ2n) is 2.36. The molecule has 0 bridgehead atoms. The van der Waals surface area contributed by atoms with Crippen molar-refractivity contribution in [2.75, 3.05) is 0 Å². The van der Waals surface area contributed by atoms with E-state index in [0.29, 0.717) is 0 Å². The van der Waals surface area contributed by atoms with Gasteiger partial charge in [0.05, 0.1) is 0 Å². The highest BCUT2D eigenvalue weighted by Crippen LogP contribution is 2.46. The number of rotatable bonds is 5. The third-order valence-electron chi connectivity index (χ3n) is 1.11. The molecule has 0 aliphatic rings. The van der Waals surface area contributed by atoms with Crippen LogP contribution in [0.3, 0.4) is 0 Å². The summed E-state index contributed by atoms with van der Waals surface area (Å²) in [7, 11) is -10.5. The van der Waals surface area contributed by atoms with Gasteiger partial charge in [0.2, 0.25) is 6.10 Å². The van der Waals surface area contributed by atoms with E-state index in [1.54, 1.807) is 0 Å². The first-order valence-electron chi connectivity index (χ1n) is 3.15. The summed E-state index contributed by atoms with van der Waals surface area (Å²) in [6.07, 6.45) is -2.72. The van der Waals surface area contributed by atoms with Crippen molar-refractivity contribution < 1.29 is 48.2 Å². The van der Waals surface area contributed by atoms with Gasteiger partial charge in [-0.25, -0.2) is 9.36 Å². The fourth-order valence-electron chi connectivity index (χ4n) is 0.551. The molecular formula is C3H8O10P2. The Hall–Kier alpha value is -0.310. The van der Waals surface area contributed by atoms with Crippen LogP contribution >= 0.6 is 15.4 Å². The van der Waals surface area contributed by atoms with Gasteiger partial charge in [0.1, 0.15) is 0 Å². The van der Waals surface area contributed by atoms with Crippen molar-refractivity contribution in [1.82, 2.24) is 0 Å². The van der Waals surface area contributed by atoms with Gasteiger partial charge in [-0.2, -0.15) is 0 Å². The summed E-state index contributed by atoms with van der Waals surface area (Å²) in [5, 5.41) is 17.1. The molecule has 10 nitrogen and oxygen atoms in total. The van der Waals surface area contributed by atoms with Crippen LogP contribution < -0.4 is 0 Å². The number of phosphoric acid groups is 1. The number of aliphatic hydroxyl groups is 1. The zero-order valence-electron chi connectivity index (χ0n) is 6.87. The normalized spacial score (nSPS) is 17.1. The highest BCUT2D eigenvalue weighted by atomic mass is 31.2. The standard InChI is InChI=1S/C3H8O10P2/c4-2(5)1(13-15(10,11)12)3(6)14(7,8)9/h1,3,6H,(H,4,5)(H2,7,8,9)(H2,10,11,12). The highest BCUT2D eigenvalue weighted by Gasteiger charge is 2.43. The van der Waals surface area contributed by atoms with Gasteiger partial charge in [-0.05, 0) is 0 Å². The molecule has 0 heterocycles. The summed E-state index contributed by atoms with van der Waals surface area (Å²) in [6.45, 7) is 0. The van der Waals surface area contributed by atoms with E-state index in [2.05, 4.69) is 4.52 Å². The Morgan fingerprint density at radius 2 is 1.53 bits per heavy atom. The van der Waals surface area contributed by atoms with E-state index in [1.165, 1.54) is 0 Å². The first kappa shape index (κ1) is 14.7. The molecule has 0 amide bonds. The predicted molar refractivity (Wildman–Crippen MR) is 42.6 cm³/mol. The third-order valence-corrected chi connectivity index (χ3v) is 2.57. The predicted octanol–water partition coefficient (Wildman–Crippen LogP) is -1.96. The first-order valence-corrected chi connectivity index (χ1v) is 6.36. The molecule has 0 aromatic rings. The fraction of sp³-hybridized carbons (Fsp3) is 0.667. The lowest BCUT2D eigenvalue weighted by atomic mass is 10.4. The van der Waals surface area contributed by atoms with E-state index >= 15 is 0 Å². The summed E-state index contributed by atoms with van der Waals surface area (Å²) < 4.78 is 24.1. The van der Waals surface area contributed by atoms with Crippen LogP contribution in [0.25, 0.3) is 0 Å². The number of phosphoric ester groups is 1. The van der Waals surface area contributed by atoms with Gasteiger partial charge >= 0.3 is 21.4 Å². The van der Waals surface area contributed by atoms with E-state index in [-0.39, 0.29) is 0 Å². The molecule has 0 aliphatic carbocycles. The van der Waals surface area contributed by atoms with Crippen LogP contribution in [0.15, 0.2) is 0 Å². The maximum absolute atomic E-state index is 10.4. The molecule has 0 aliphatic heterocycles. The van der Waals surface area contributed by atoms with Crippen LogP contribution in [0.1, 0.15) is 0 Å². The second-order valence-corrected chi connectivity index (χ2v) is 5.26. The maximum Gasteiger partial charge on any atom is 0.470 e. The number of aliphatic carboxylic acids is 1. The van der Waals surface area contributed by atoms with E-state index in [4.69, 9.17) is 29.8 Å². The number of carbonyl (C=O) groups is 1. The lowest BCUT2D eigenvalue weighted by molar-refractivity contribution is -0.149. The lowest BCUT2D eigenvalue weighted by Gasteiger charge is -2.20. The Labute approximate surface area is 82.5 Å². The monoisotopic (exact) mass is 266 g/mol. The molecule has 12 heteroatoms. The van der Waals surface area contributed by atoms with Gasteiger partial charge in [-0.1, -0.05) is 0 Å². The van der Waals surface area contributed by atoms with Crippen molar-refractivity contribution in [3.63, 3.8) is 0 Å². The van der Waals surface area contributed by atoms with E-state index < -0.39 is 33.3 Å². The lowest BCUT2D eigenvalue weighted by Crippen LogP contribution is -2.35. The molecule has 0 spiro atoms. The summed E-state index contributed by atoms with van der Waals surface area (Å²) in [6, 6.07) is 0. The molecule has 0 rings (SSSR count). The van der Waals surface area contributed by atoms with Crippen molar-refractivity contribution in [2.24, 2.45) is 0 Å². The van der Waals surface area contributed by atoms with Crippen LogP contribution in [0.5, 0.6) is 0 Å². The highest BCUT2D eigenvalue weighted by molar-refractivity contribution is 7.52. The average molecular weight is 266 g/mol. The summed E-state index contributed by atoms with van der Waals surface area (Å²) >= 11 is 0. The van der Waals surface area contributed by atoms with Crippen molar-refractivity contribution >= 4 is 21.4 Å². The van der Waals surface area contributed by atoms with E-state index in [0.717, 1.165) is 0 Å². The average Bonchev–Trinajstić information content (AvgIpc) is 1.94. The van der Waals surface area contributed by atoms with Crippen LogP contribution in [-0.4, -0.2) is 47.7 Å². The Bertz CT molecular complexity index is 324. The Balaban J connectivity index is 4.93. The number of hydrogen-bond donors (Lipinski definition) is 6. The minimum Gasteiger partial charge on any atom is -0.479 e. The van der Waals surface area contributed by atoms with Crippen molar-refractivity contribution in [3.05, 3.63) is 0 Å². The molecule has 15 heavy (non-hydrogen) atoms. The third kappa shape index (κ3) is 5.36. The van der Waals surface area contributed by atoms with Crippen LogP contribution in [0.2, 0.25) is 0 Å². The molecule has 6 N–H and O–H groups in total. The number of carboxylic acids is 1. The molecule has 0 saturated heterocycles. The fourth-order valence-corrected chi connectivity index (χ4v) is 1.69. The smallest absolute Gasteiger partial charge is 0.470 e. The molecule has 2 unspecified atom stereocenters. The minimum atomic E-state index is -5.28. The topological polar surface area (TPSA) is 182 Å². The van der Waals surface area contributed by atoms with Gasteiger partial charge in [-0.3, -0.25) is 9.09 Å². The maximum atomic E-state index is 10.4. The van der Waals surface area contributed by atoms with Crippen LogP contribution in [0, 0.1) is 0 Å². The van der Waals surface area contributed by atoms with Gasteiger partial charge in [-0.15, -0.1) is 0 Å². The molecule has 0 aromatic carbocycles. The summed E-state index contributed by atoms with van der Waals surface area (Å²) in [5.74, 6) is -4.98. The molecule has 90 valence electrons. The second kappa shape index (κ2) is 4.69. The van der Waals surface area contributed by atoms with E-state index in [1.807, 2.05) is 0 Å². The number of hydrogen-bond acceptors (Lipinski definition) is 5. The molecule has 0 radical (unpaired) electrons. The summed E-state index contributed by atoms with van der Waals surface area (Å²) in [5.41, 5.74) is 0. The first-order chi connectivity index (χ1) is 6.45. The van der Waals surface area contributed by atoms with Gasteiger partial charge in [0, 0.05) is 0 Å². The van der Waals surface area contributed by atoms with Crippen molar-refractivity contribution in [1.29, 1.82) is 0 Å². The van der Waals surface area contributed by atoms with E-state index in [9.17, 15) is 13.9 Å². The largest absolute Gasteiger partial charge is 0.479 e. The SMILES string of the molecule is O=C(O)C(OP(=O)(O)O)C(O)P(=O)(O)O. The van der Waals surface area contributed by atoms with Gasteiger partial charge < -0.3 is 29.8 Å². The molecule has 0 saturated carbocycles. The molecular weight excluding hydrogens is 258 g/mol. The van der Waals surface area contributed by atoms with Crippen LogP contribution in [-0.2, 0) is 18.4 Å². The Morgan fingerprint density at radius 3 is 1.73 bits per heavy atom. The van der Waals surface area contributed by atoms with Crippen molar-refractivity contribution in [3.8, 4) is 0 Å². The molecule has 0 fully saturated rings.